The average molecular weight is 387 g/mol. The topological polar surface area (TPSA) is 88.8 Å². The smallest absolute Gasteiger partial charge is 0.191 e. The zero-order valence-electron chi connectivity index (χ0n) is 16.8. The van der Waals surface area contributed by atoms with Crippen molar-refractivity contribution < 1.29 is 9.47 Å². The second-order valence-corrected chi connectivity index (χ2v) is 6.54. The van der Waals surface area contributed by atoms with Gasteiger partial charge in [0.1, 0.15) is 17.9 Å². The van der Waals surface area contributed by atoms with Gasteiger partial charge in [-0.05, 0) is 17.7 Å². The molecule has 2 heterocycles. The number of nitrogens with zero attached hydrogens (tertiary/aromatic N) is 5. The van der Waals surface area contributed by atoms with Gasteiger partial charge in [-0.2, -0.15) is 5.10 Å². The number of hydrogen-bond acceptors (Lipinski definition) is 6. The molecule has 1 aliphatic heterocycles. The standard InChI is InChI=1S/C19H29N7O2/c1-20-19(22-13-18-23-14-24-25(18)2)21-12-17(26-8-10-28-11-9-26)15-4-6-16(27-3)7-5-15/h4-7,14,17H,8-13H2,1-3H3,(H2,20,21,22). The van der Waals surface area contributed by atoms with Gasteiger partial charge in [0.05, 0.1) is 32.9 Å². The molecular weight excluding hydrogens is 358 g/mol. The van der Waals surface area contributed by atoms with Crippen LogP contribution in [0.25, 0.3) is 0 Å². The average Bonchev–Trinajstić information content (AvgIpc) is 3.16. The van der Waals surface area contributed by atoms with Gasteiger partial charge in [0.2, 0.25) is 0 Å². The number of aryl methyl sites for hydroxylation is 1. The molecule has 0 aliphatic carbocycles. The van der Waals surface area contributed by atoms with Crippen LogP contribution in [0.5, 0.6) is 5.75 Å². The Labute approximate surface area is 165 Å². The van der Waals surface area contributed by atoms with Crippen LogP contribution in [0.15, 0.2) is 35.6 Å². The number of aromatic nitrogens is 3. The zero-order valence-corrected chi connectivity index (χ0v) is 16.8. The molecule has 9 nitrogen and oxygen atoms in total. The van der Waals surface area contributed by atoms with E-state index in [1.165, 1.54) is 5.56 Å². The van der Waals surface area contributed by atoms with Crippen LogP contribution in [-0.4, -0.2) is 72.6 Å². The van der Waals surface area contributed by atoms with E-state index in [-0.39, 0.29) is 6.04 Å². The number of rotatable bonds is 7. The Morgan fingerprint density at radius 2 is 2.00 bits per heavy atom. The summed E-state index contributed by atoms with van der Waals surface area (Å²) in [6.07, 6.45) is 1.55. The number of methoxy groups -OCH3 is 1. The molecule has 0 radical (unpaired) electrons. The molecule has 1 unspecified atom stereocenters. The predicted molar refractivity (Wildman–Crippen MR) is 107 cm³/mol. The highest BCUT2D eigenvalue weighted by Gasteiger charge is 2.23. The van der Waals surface area contributed by atoms with Crippen molar-refractivity contribution in [2.45, 2.75) is 12.6 Å². The largest absolute Gasteiger partial charge is 0.497 e. The molecule has 28 heavy (non-hydrogen) atoms. The lowest BCUT2D eigenvalue weighted by atomic mass is 10.0. The Hall–Kier alpha value is -2.65. The number of morpholine rings is 1. The lowest BCUT2D eigenvalue weighted by molar-refractivity contribution is 0.0170. The van der Waals surface area contributed by atoms with Crippen LogP contribution in [0.2, 0.25) is 0 Å². The fourth-order valence-corrected chi connectivity index (χ4v) is 3.23. The van der Waals surface area contributed by atoms with E-state index in [1.807, 2.05) is 19.2 Å². The first-order chi connectivity index (χ1) is 13.7. The minimum absolute atomic E-state index is 0.211. The lowest BCUT2D eigenvalue weighted by Crippen LogP contribution is -2.46. The minimum atomic E-state index is 0.211. The molecule has 3 rings (SSSR count). The van der Waals surface area contributed by atoms with E-state index in [0.29, 0.717) is 6.54 Å². The Morgan fingerprint density at radius 3 is 2.61 bits per heavy atom. The van der Waals surface area contributed by atoms with Crippen molar-refractivity contribution in [3.05, 3.63) is 42.0 Å². The van der Waals surface area contributed by atoms with Crippen molar-refractivity contribution in [1.82, 2.24) is 30.3 Å². The summed E-state index contributed by atoms with van der Waals surface area (Å²) in [5.74, 6) is 2.44. The maximum absolute atomic E-state index is 5.53. The van der Waals surface area contributed by atoms with Crippen LogP contribution >= 0.6 is 0 Å². The molecule has 2 N–H and O–H groups in total. The van der Waals surface area contributed by atoms with E-state index in [4.69, 9.17) is 9.47 Å². The van der Waals surface area contributed by atoms with E-state index >= 15 is 0 Å². The van der Waals surface area contributed by atoms with E-state index in [1.54, 1.807) is 25.2 Å². The molecule has 1 saturated heterocycles. The summed E-state index contributed by atoms with van der Waals surface area (Å²) in [7, 11) is 5.32. The van der Waals surface area contributed by atoms with E-state index in [0.717, 1.165) is 50.4 Å². The van der Waals surface area contributed by atoms with Gasteiger partial charge in [0.15, 0.2) is 5.96 Å². The van der Waals surface area contributed by atoms with Crippen LogP contribution in [0.4, 0.5) is 0 Å². The van der Waals surface area contributed by atoms with Crippen LogP contribution in [0.3, 0.4) is 0 Å². The molecule has 0 bridgehead atoms. The third kappa shape index (κ3) is 5.20. The first-order valence-corrected chi connectivity index (χ1v) is 9.44. The molecular formula is C19H29N7O2. The summed E-state index contributed by atoms with van der Waals surface area (Å²) >= 11 is 0. The number of guanidine groups is 1. The molecule has 0 saturated carbocycles. The molecule has 0 spiro atoms. The lowest BCUT2D eigenvalue weighted by Gasteiger charge is -2.35. The van der Waals surface area contributed by atoms with Gasteiger partial charge in [-0.3, -0.25) is 14.6 Å². The summed E-state index contributed by atoms with van der Waals surface area (Å²) in [6, 6.07) is 8.46. The van der Waals surface area contributed by atoms with Crippen LogP contribution < -0.4 is 15.4 Å². The number of benzene rings is 1. The van der Waals surface area contributed by atoms with Crippen molar-refractivity contribution in [3.8, 4) is 5.75 Å². The van der Waals surface area contributed by atoms with Gasteiger partial charge in [0.25, 0.3) is 0 Å². The second-order valence-electron chi connectivity index (χ2n) is 6.54. The van der Waals surface area contributed by atoms with Crippen molar-refractivity contribution in [2.24, 2.45) is 12.0 Å². The van der Waals surface area contributed by atoms with Crippen LogP contribution in [0.1, 0.15) is 17.4 Å². The normalized spacial score (nSPS) is 16.6. The highest BCUT2D eigenvalue weighted by Crippen LogP contribution is 2.23. The summed E-state index contributed by atoms with van der Waals surface area (Å²) in [6.45, 7) is 4.61. The molecule has 1 fully saturated rings. The zero-order chi connectivity index (χ0) is 19.8. The molecule has 0 amide bonds. The molecule has 1 aromatic carbocycles. The molecule has 1 aliphatic rings. The molecule has 9 heteroatoms. The maximum atomic E-state index is 5.53. The Morgan fingerprint density at radius 1 is 1.25 bits per heavy atom. The quantitative estimate of drug-likeness (QED) is 0.530. The van der Waals surface area contributed by atoms with Gasteiger partial charge >= 0.3 is 0 Å². The van der Waals surface area contributed by atoms with Gasteiger partial charge in [-0.15, -0.1) is 0 Å². The summed E-state index contributed by atoms with van der Waals surface area (Å²) < 4.78 is 12.6. The fraction of sp³-hybridized carbons (Fsp3) is 0.526. The second kappa shape index (κ2) is 10.0. The Kier molecular flexibility index (Phi) is 7.21. The molecule has 2 aromatic rings. The van der Waals surface area contributed by atoms with Gasteiger partial charge in [0, 0.05) is 33.7 Å². The molecule has 1 atom stereocenters. The molecule has 1 aromatic heterocycles. The number of ether oxygens (including phenoxy) is 2. The van der Waals surface area contributed by atoms with Crippen molar-refractivity contribution in [3.63, 3.8) is 0 Å². The van der Waals surface area contributed by atoms with E-state index in [2.05, 4.69) is 42.7 Å². The first kappa shape index (κ1) is 20.1. The third-order valence-electron chi connectivity index (χ3n) is 4.89. The Balaban J connectivity index is 1.64. The van der Waals surface area contributed by atoms with E-state index < -0.39 is 0 Å². The van der Waals surface area contributed by atoms with Gasteiger partial charge in [-0.25, -0.2) is 4.98 Å². The van der Waals surface area contributed by atoms with Crippen molar-refractivity contribution in [1.29, 1.82) is 0 Å². The van der Waals surface area contributed by atoms with Crippen LogP contribution in [0, 0.1) is 0 Å². The highest BCUT2D eigenvalue weighted by atomic mass is 16.5. The highest BCUT2D eigenvalue weighted by molar-refractivity contribution is 5.79. The number of hydrogen-bond donors (Lipinski definition) is 2. The predicted octanol–water partition coefficient (Wildman–Crippen LogP) is 0.562. The monoisotopic (exact) mass is 387 g/mol. The number of aliphatic imine (C=N–C) groups is 1. The minimum Gasteiger partial charge on any atom is -0.497 e. The molecule has 152 valence electrons. The van der Waals surface area contributed by atoms with Crippen molar-refractivity contribution in [2.75, 3.05) is 47.0 Å². The summed E-state index contributed by atoms with van der Waals surface area (Å²) in [5.41, 5.74) is 1.24. The SMILES string of the molecule is CN=C(NCc1ncnn1C)NCC(c1ccc(OC)cc1)N1CCOCC1. The number of nitrogens with one attached hydrogen (secondary N) is 2. The van der Waals surface area contributed by atoms with Gasteiger partial charge < -0.3 is 20.1 Å². The first-order valence-electron chi connectivity index (χ1n) is 9.44. The summed E-state index contributed by atoms with van der Waals surface area (Å²) in [4.78, 5) is 11.0. The summed E-state index contributed by atoms with van der Waals surface area (Å²) in [5, 5.41) is 10.8. The maximum Gasteiger partial charge on any atom is 0.191 e. The third-order valence-corrected chi connectivity index (χ3v) is 4.89. The van der Waals surface area contributed by atoms with Gasteiger partial charge in [-0.1, -0.05) is 12.1 Å². The Bertz CT molecular complexity index is 754. The fourth-order valence-electron chi connectivity index (χ4n) is 3.23. The van der Waals surface area contributed by atoms with Crippen molar-refractivity contribution >= 4 is 5.96 Å². The van der Waals surface area contributed by atoms with Crippen LogP contribution in [-0.2, 0) is 18.3 Å². The van der Waals surface area contributed by atoms with E-state index in [9.17, 15) is 0 Å².